The zero-order chi connectivity index (χ0) is 14.0. The summed E-state index contributed by atoms with van der Waals surface area (Å²) in [7, 11) is 0. The van der Waals surface area contributed by atoms with Gasteiger partial charge in [-0.1, -0.05) is 0 Å². The molecule has 2 rings (SSSR count). The first-order chi connectivity index (χ1) is 8.93. The van der Waals surface area contributed by atoms with Crippen LogP contribution in [0, 0.1) is 0 Å². The monoisotopic (exact) mass is 267 g/mol. The molecule has 1 saturated heterocycles. The molecule has 0 aliphatic carbocycles. The van der Waals surface area contributed by atoms with Gasteiger partial charge < -0.3 is 10.5 Å². The van der Waals surface area contributed by atoms with Crippen LogP contribution in [0.15, 0.2) is 21.9 Å². The smallest absolute Gasteiger partial charge is 0.331 e. The first-order valence-electron chi connectivity index (χ1n) is 6.61. The van der Waals surface area contributed by atoms with E-state index in [0.29, 0.717) is 6.54 Å². The van der Waals surface area contributed by atoms with Crippen molar-refractivity contribution in [2.75, 3.05) is 6.54 Å². The van der Waals surface area contributed by atoms with Crippen LogP contribution in [0.3, 0.4) is 0 Å². The molecule has 0 spiro atoms. The second-order valence-electron chi connectivity index (χ2n) is 5.57. The Morgan fingerprint density at radius 2 is 2.21 bits per heavy atom. The van der Waals surface area contributed by atoms with Crippen LogP contribution < -0.4 is 17.0 Å². The second-order valence-corrected chi connectivity index (χ2v) is 5.57. The molecule has 1 unspecified atom stereocenters. The lowest BCUT2D eigenvalue weighted by molar-refractivity contribution is -0.0223. The summed E-state index contributed by atoms with van der Waals surface area (Å²) in [6.07, 6.45) is 3.47. The van der Waals surface area contributed by atoms with Crippen LogP contribution >= 0.6 is 0 Å². The van der Waals surface area contributed by atoms with Crippen molar-refractivity contribution in [3.63, 3.8) is 0 Å². The molecular weight excluding hydrogens is 246 g/mol. The highest BCUT2D eigenvalue weighted by Crippen LogP contribution is 2.29. The molecule has 6 nitrogen and oxygen atoms in total. The molecule has 0 radical (unpaired) electrons. The van der Waals surface area contributed by atoms with Gasteiger partial charge in [-0.2, -0.15) is 0 Å². The van der Waals surface area contributed by atoms with E-state index in [4.69, 9.17) is 10.5 Å². The van der Waals surface area contributed by atoms with E-state index >= 15 is 0 Å². The highest BCUT2D eigenvalue weighted by Gasteiger charge is 2.31. The molecule has 2 N–H and O–H groups in total. The predicted octanol–water partition coefficient (Wildman–Crippen LogP) is -0.0737. The fourth-order valence-electron chi connectivity index (χ4n) is 2.46. The lowest BCUT2D eigenvalue weighted by atomic mass is 10.1. The van der Waals surface area contributed by atoms with Crippen LogP contribution in [-0.2, 0) is 17.8 Å². The maximum absolute atomic E-state index is 12.1. The molecule has 106 valence electrons. The van der Waals surface area contributed by atoms with Crippen LogP contribution in [0.25, 0.3) is 0 Å². The highest BCUT2D eigenvalue weighted by molar-refractivity contribution is 4.89. The Morgan fingerprint density at radius 3 is 2.79 bits per heavy atom. The van der Waals surface area contributed by atoms with E-state index in [9.17, 15) is 9.59 Å². The van der Waals surface area contributed by atoms with Gasteiger partial charge in [0.15, 0.2) is 0 Å². The van der Waals surface area contributed by atoms with E-state index < -0.39 is 0 Å². The number of hydrogen-bond donors (Lipinski definition) is 1. The van der Waals surface area contributed by atoms with Gasteiger partial charge in [0, 0.05) is 25.4 Å². The van der Waals surface area contributed by atoms with Crippen molar-refractivity contribution >= 4 is 0 Å². The third-order valence-corrected chi connectivity index (χ3v) is 3.45. The lowest BCUT2D eigenvalue weighted by Crippen LogP contribution is -2.42. The average Bonchev–Trinajstić information content (AvgIpc) is 2.68. The van der Waals surface area contributed by atoms with E-state index in [1.165, 1.54) is 21.4 Å². The van der Waals surface area contributed by atoms with Crippen molar-refractivity contribution in [2.24, 2.45) is 5.73 Å². The number of ether oxygens (including phenoxy) is 1. The van der Waals surface area contributed by atoms with E-state index in [2.05, 4.69) is 0 Å². The van der Waals surface area contributed by atoms with Crippen molar-refractivity contribution in [2.45, 2.75) is 51.5 Å². The van der Waals surface area contributed by atoms with Gasteiger partial charge in [0.05, 0.1) is 18.2 Å². The highest BCUT2D eigenvalue weighted by atomic mass is 16.5. The molecule has 2 heterocycles. The van der Waals surface area contributed by atoms with Gasteiger partial charge in [-0.15, -0.1) is 0 Å². The van der Waals surface area contributed by atoms with Gasteiger partial charge in [0.25, 0.3) is 5.56 Å². The second kappa shape index (κ2) is 5.30. The van der Waals surface area contributed by atoms with Crippen LogP contribution in [0.4, 0.5) is 0 Å². The molecule has 1 aromatic rings. The van der Waals surface area contributed by atoms with E-state index in [-0.39, 0.29) is 36.0 Å². The van der Waals surface area contributed by atoms with Crippen molar-refractivity contribution in [3.05, 3.63) is 33.1 Å². The van der Waals surface area contributed by atoms with E-state index in [0.717, 1.165) is 12.8 Å². The molecule has 1 aromatic heterocycles. The summed E-state index contributed by atoms with van der Waals surface area (Å²) in [5.41, 5.74) is 4.67. The summed E-state index contributed by atoms with van der Waals surface area (Å²) in [6, 6.07) is 1.40. The fourth-order valence-corrected chi connectivity index (χ4v) is 2.46. The predicted molar refractivity (Wildman–Crippen MR) is 72.2 cm³/mol. The molecular formula is C13H21N3O3. The average molecular weight is 267 g/mol. The van der Waals surface area contributed by atoms with Crippen molar-refractivity contribution < 1.29 is 4.74 Å². The molecule has 6 heteroatoms. The third-order valence-electron chi connectivity index (χ3n) is 3.45. The van der Waals surface area contributed by atoms with Gasteiger partial charge in [-0.3, -0.25) is 13.9 Å². The quantitative estimate of drug-likeness (QED) is 0.828. The van der Waals surface area contributed by atoms with E-state index in [1.54, 1.807) is 0 Å². The minimum absolute atomic E-state index is 0.0246. The molecule has 1 aliphatic rings. The molecule has 0 amide bonds. The summed E-state index contributed by atoms with van der Waals surface area (Å²) >= 11 is 0. The Morgan fingerprint density at radius 1 is 1.47 bits per heavy atom. The number of nitrogens with two attached hydrogens (primary N) is 1. The summed E-state index contributed by atoms with van der Waals surface area (Å²) < 4.78 is 8.56. The van der Waals surface area contributed by atoms with Gasteiger partial charge >= 0.3 is 5.69 Å². The Balaban J connectivity index is 2.20. The maximum atomic E-state index is 12.1. The zero-order valence-corrected chi connectivity index (χ0v) is 11.5. The van der Waals surface area contributed by atoms with Crippen molar-refractivity contribution in [3.8, 4) is 0 Å². The van der Waals surface area contributed by atoms with E-state index in [1.807, 2.05) is 13.8 Å². The van der Waals surface area contributed by atoms with Gasteiger partial charge in [-0.05, 0) is 26.7 Å². The Hall–Kier alpha value is -1.40. The molecule has 1 aliphatic heterocycles. The van der Waals surface area contributed by atoms with Crippen LogP contribution in [0.5, 0.6) is 0 Å². The minimum atomic E-state index is -0.314. The first-order valence-corrected chi connectivity index (χ1v) is 6.61. The first kappa shape index (κ1) is 14.0. The zero-order valence-electron chi connectivity index (χ0n) is 11.5. The number of hydrogen-bond acceptors (Lipinski definition) is 4. The normalized spacial score (nSPS) is 21.7. The molecule has 1 fully saturated rings. The summed E-state index contributed by atoms with van der Waals surface area (Å²) in [5, 5.41) is 0. The third kappa shape index (κ3) is 3.13. The number of aromatic nitrogens is 2. The standard InChI is InChI=1S/C13H21N3O3/c1-13(2)5-3-10(19-13)9-15-7-4-11(17)16(8-6-14)12(15)18/h4,7,10H,3,5-6,8-9,14H2,1-2H3. The maximum Gasteiger partial charge on any atom is 0.331 e. The van der Waals surface area contributed by atoms with Crippen molar-refractivity contribution in [1.29, 1.82) is 0 Å². The lowest BCUT2D eigenvalue weighted by Gasteiger charge is -2.20. The van der Waals surface area contributed by atoms with Crippen molar-refractivity contribution in [1.82, 2.24) is 9.13 Å². The SMILES string of the molecule is CC1(C)CCC(Cn2ccc(=O)n(CCN)c2=O)O1. The van der Waals surface area contributed by atoms with Crippen LogP contribution in [-0.4, -0.2) is 27.4 Å². The summed E-state index contributed by atoms with van der Waals surface area (Å²) in [4.78, 5) is 23.7. The molecule has 19 heavy (non-hydrogen) atoms. The Kier molecular flexibility index (Phi) is 3.91. The molecule has 0 saturated carbocycles. The van der Waals surface area contributed by atoms with Gasteiger partial charge in [0.1, 0.15) is 0 Å². The van der Waals surface area contributed by atoms with Gasteiger partial charge in [0.2, 0.25) is 0 Å². The Bertz CT molecular complexity index is 559. The largest absolute Gasteiger partial charge is 0.370 e. The molecule has 1 atom stereocenters. The number of nitrogens with zero attached hydrogens (tertiary/aromatic N) is 2. The minimum Gasteiger partial charge on any atom is -0.370 e. The molecule has 0 aromatic carbocycles. The van der Waals surface area contributed by atoms with Gasteiger partial charge in [-0.25, -0.2) is 4.79 Å². The van der Waals surface area contributed by atoms with Crippen LogP contribution in [0.2, 0.25) is 0 Å². The van der Waals surface area contributed by atoms with Crippen LogP contribution in [0.1, 0.15) is 26.7 Å². The summed E-state index contributed by atoms with van der Waals surface area (Å²) in [5.74, 6) is 0. The summed E-state index contributed by atoms with van der Waals surface area (Å²) in [6.45, 7) is 5.09. The number of rotatable bonds is 4. The fraction of sp³-hybridized carbons (Fsp3) is 0.692. The Labute approximate surface area is 111 Å². The molecule has 0 bridgehead atoms. The topological polar surface area (TPSA) is 79.3 Å².